The standard InChI is InChI=1S/C14H11BrINO/c1-9-5-6-13(12(16)7-9)17-14(18)10-3-2-4-11(15)8-10/h2-8H,1H3,(H,17,18). The van der Waals surface area contributed by atoms with E-state index < -0.39 is 0 Å². The van der Waals surface area contributed by atoms with Crippen LogP contribution in [0.15, 0.2) is 46.9 Å². The van der Waals surface area contributed by atoms with Crippen LogP contribution in [-0.4, -0.2) is 5.91 Å². The Kier molecular flexibility index (Phi) is 4.40. The van der Waals surface area contributed by atoms with Crippen LogP contribution in [-0.2, 0) is 0 Å². The van der Waals surface area contributed by atoms with Gasteiger partial charge in [0.2, 0.25) is 0 Å². The smallest absolute Gasteiger partial charge is 0.255 e. The molecule has 0 fully saturated rings. The van der Waals surface area contributed by atoms with E-state index in [1.807, 2.05) is 37.3 Å². The maximum absolute atomic E-state index is 12.1. The van der Waals surface area contributed by atoms with Gasteiger partial charge in [0.1, 0.15) is 0 Å². The average molecular weight is 416 g/mol. The summed E-state index contributed by atoms with van der Waals surface area (Å²) in [5.41, 5.74) is 2.66. The highest BCUT2D eigenvalue weighted by atomic mass is 127. The molecule has 0 bridgehead atoms. The fraction of sp³-hybridized carbons (Fsp3) is 0.0714. The molecular formula is C14H11BrINO. The summed E-state index contributed by atoms with van der Waals surface area (Å²) < 4.78 is 1.93. The molecule has 0 saturated heterocycles. The number of hydrogen-bond donors (Lipinski definition) is 1. The van der Waals surface area contributed by atoms with Gasteiger partial charge in [0.15, 0.2) is 0 Å². The number of nitrogens with one attached hydrogen (secondary N) is 1. The second-order valence-electron chi connectivity index (χ2n) is 3.95. The van der Waals surface area contributed by atoms with Crippen molar-refractivity contribution in [3.8, 4) is 0 Å². The molecule has 2 aromatic rings. The van der Waals surface area contributed by atoms with Crippen LogP contribution in [0.3, 0.4) is 0 Å². The topological polar surface area (TPSA) is 29.1 Å². The first-order valence-electron chi connectivity index (χ1n) is 5.39. The molecular weight excluding hydrogens is 405 g/mol. The number of rotatable bonds is 2. The van der Waals surface area contributed by atoms with Crippen molar-refractivity contribution in [1.82, 2.24) is 0 Å². The summed E-state index contributed by atoms with van der Waals surface area (Å²) in [6.45, 7) is 2.03. The SMILES string of the molecule is Cc1ccc(NC(=O)c2cccc(Br)c2)c(I)c1. The fourth-order valence-corrected chi connectivity index (χ4v) is 2.75. The van der Waals surface area contributed by atoms with Gasteiger partial charge in [-0.2, -0.15) is 0 Å². The molecule has 2 aromatic carbocycles. The van der Waals surface area contributed by atoms with Gasteiger partial charge in [0.05, 0.1) is 5.69 Å². The van der Waals surface area contributed by atoms with Gasteiger partial charge in [0.25, 0.3) is 5.91 Å². The normalized spacial score (nSPS) is 10.2. The number of hydrogen-bond acceptors (Lipinski definition) is 1. The third kappa shape index (κ3) is 3.32. The quantitative estimate of drug-likeness (QED) is 0.712. The predicted octanol–water partition coefficient (Wildman–Crippen LogP) is 4.61. The third-order valence-corrected chi connectivity index (χ3v) is 3.85. The first-order chi connectivity index (χ1) is 8.56. The zero-order chi connectivity index (χ0) is 13.1. The summed E-state index contributed by atoms with van der Waals surface area (Å²) in [5, 5.41) is 2.91. The van der Waals surface area contributed by atoms with Crippen molar-refractivity contribution in [2.75, 3.05) is 5.32 Å². The summed E-state index contributed by atoms with van der Waals surface area (Å²) in [6, 6.07) is 13.3. The van der Waals surface area contributed by atoms with Crippen molar-refractivity contribution in [2.45, 2.75) is 6.92 Å². The van der Waals surface area contributed by atoms with Gasteiger partial charge >= 0.3 is 0 Å². The highest BCUT2D eigenvalue weighted by Gasteiger charge is 2.08. The van der Waals surface area contributed by atoms with Crippen LogP contribution in [0.4, 0.5) is 5.69 Å². The zero-order valence-electron chi connectivity index (χ0n) is 9.71. The number of anilines is 1. The maximum Gasteiger partial charge on any atom is 0.255 e. The molecule has 0 atom stereocenters. The van der Waals surface area contributed by atoms with Crippen molar-refractivity contribution in [1.29, 1.82) is 0 Å². The number of carbonyl (C=O) groups excluding carboxylic acids is 1. The van der Waals surface area contributed by atoms with E-state index in [1.165, 1.54) is 5.56 Å². The molecule has 0 spiro atoms. The van der Waals surface area contributed by atoms with E-state index in [2.05, 4.69) is 43.8 Å². The number of carbonyl (C=O) groups is 1. The summed E-state index contributed by atoms with van der Waals surface area (Å²) >= 11 is 5.58. The molecule has 18 heavy (non-hydrogen) atoms. The number of benzene rings is 2. The van der Waals surface area contributed by atoms with Gasteiger partial charge in [-0.15, -0.1) is 0 Å². The Morgan fingerprint density at radius 2 is 2.00 bits per heavy atom. The number of halogens is 2. The molecule has 0 heterocycles. The van der Waals surface area contributed by atoms with Crippen LogP contribution in [0, 0.1) is 10.5 Å². The zero-order valence-corrected chi connectivity index (χ0v) is 13.4. The average Bonchev–Trinajstić information content (AvgIpc) is 2.32. The highest BCUT2D eigenvalue weighted by molar-refractivity contribution is 14.1. The van der Waals surface area contributed by atoms with E-state index >= 15 is 0 Å². The first kappa shape index (κ1) is 13.5. The first-order valence-corrected chi connectivity index (χ1v) is 7.26. The van der Waals surface area contributed by atoms with Crippen LogP contribution >= 0.6 is 38.5 Å². The molecule has 1 amide bonds. The predicted molar refractivity (Wildman–Crippen MR) is 86.0 cm³/mol. The van der Waals surface area contributed by atoms with Crippen molar-refractivity contribution in [2.24, 2.45) is 0 Å². The van der Waals surface area contributed by atoms with Gasteiger partial charge in [0, 0.05) is 13.6 Å². The van der Waals surface area contributed by atoms with Gasteiger partial charge in [-0.05, 0) is 65.4 Å². The van der Waals surface area contributed by atoms with E-state index in [9.17, 15) is 4.79 Å². The van der Waals surface area contributed by atoms with Gasteiger partial charge in [-0.1, -0.05) is 28.1 Å². The Labute approximate surface area is 128 Å². The van der Waals surface area contributed by atoms with Crippen molar-refractivity contribution in [3.63, 3.8) is 0 Å². The van der Waals surface area contributed by atoms with Crippen LogP contribution < -0.4 is 5.32 Å². The van der Waals surface area contributed by atoms with Gasteiger partial charge in [-0.3, -0.25) is 4.79 Å². The third-order valence-electron chi connectivity index (χ3n) is 2.46. The number of amides is 1. The van der Waals surface area contributed by atoms with E-state index in [-0.39, 0.29) is 5.91 Å². The lowest BCUT2D eigenvalue weighted by atomic mass is 10.2. The Bertz CT molecular complexity index is 598. The molecule has 0 aliphatic heterocycles. The maximum atomic E-state index is 12.1. The Morgan fingerprint density at radius 3 is 2.67 bits per heavy atom. The highest BCUT2D eigenvalue weighted by Crippen LogP contribution is 2.20. The fourth-order valence-electron chi connectivity index (χ4n) is 1.55. The van der Waals surface area contributed by atoms with Crippen LogP contribution in [0.25, 0.3) is 0 Å². The second-order valence-corrected chi connectivity index (χ2v) is 6.03. The summed E-state index contributed by atoms with van der Waals surface area (Å²) in [4.78, 5) is 12.1. The summed E-state index contributed by atoms with van der Waals surface area (Å²) in [6.07, 6.45) is 0. The van der Waals surface area contributed by atoms with E-state index in [1.54, 1.807) is 12.1 Å². The van der Waals surface area contributed by atoms with Crippen molar-refractivity contribution in [3.05, 3.63) is 61.6 Å². The van der Waals surface area contributed by atoms with E-state index in [4.69, 9.17) is 0 Å². The molecule has 4 heteroatoms. The van der Waals surface area contributed by atoms with Crippen LogP contribution in [0.2, 0.25) is 0 Å². The Hall–Kier alpha value is -0.880. The minimum Gasteiger partial charge on any atom is -0.321 e. The van der Waals surface area contributed by atoms with E-state index in [0.717, 1.165) is 13.7 Å². The summed E-state index contributed by atoms with van der Waals surface area (Å²) in [7, 11) is 0. The molecule has 92 valence electrons. The monoisotopic (exact) mass is 415 g/mol. The minimum atomic E-state index is -0.0990. The second kappa shape index (κ2) is 5.84. The van der Waals surface area contributed by atoms with Crippen LogP contribution in [0.5, 0.6) is 0 Å². The van der Waals surface area contributed by atoms with Crippen molar-refractivity contribution >= 4 is 50.1 Å². The number of aryl methyl sites for hydroxylation is 1. The molecule has 0 saturated carbocycles. The lowest BCUT2D eigenvalue weighted by molar-refractivity contribution is 0.102. The molecule has 0 radical (unpaired) electrons. The Morgan fingerprint density at radius 1 is 1.22 bits per heavy atom. The molecule has 0 aliphatic rings. The van der Waals surface area contributed by atoms with Crippen molar-refractivity contribution < 1.29 is 4.79 Å². The van der Waals surface area contributed by atoms with Gasteiger partial charge in [-0.25, -0.2) is 0 Å². The largest absolute Gasteiger partial charge is 0.321 e. The molecule has 2 nitrogen and oxygen atoms in total. The lowest BCUT2D eigenvalue weighted by Crippen LogP contribution is -2.12. The molecule has 0 aliphatic carbocycles. The lowest BCUT2D eigenvalue weighted by Gasteiger charge is -2.08. The minimum absolute atomic E-state index is 0.0990. The summed E-state index contributed by atoms with van der Waals surface area (Å²) in [5.74, 6) is -0.0990. The van der Waals surface area contributed by atoms with E-state index in [0.29, 0.717) is 5.56 Å². The molecule has 1 N–H and O–H groups in total. The van der Waals surface area contributed by atoms with Gasteiger partial charge < -0.3 is 5.32 Å². The molecule has 2 rings (SSSR count). The Balaban J connectivity index is 2.21. The molecule has 0 unspecified atom stereocenters. The van der Waals surface area contributed by atoms with Crippen LogP contribution in [0.1, 0.15) is 15.9 Å². The molecule has 0 aromatic heterocycles.